The number of rotatable bonds is 14. The Bertz CT molecular complexity index is 1800. The van der Waals surface area contributed by atoms with Gasteiger partial charge in [0.2, 0.25) is 0 Å². The predicted octanol–water partition coefficient (Wildman–Crippen LogP) is -0.0431. The highest BCUT2D eigenvalue weighted by Crippen LogP contribution is 2.22. The van der Waals surface area contributed by atoms with Crippen molar-refractivity contribution in [1.82, 2.24) is 19.9 Å². The number of aliphatic hydroxyl groups is 1. The number of carboxylic acid groups (broad SMARTS) is 1. The number of unbranched alkanes of at least 4 members (excludes halogenated alkanes) is 1. The Morgan fingerprint density at radius 1 is 1.14 bits per heavy atom. The molecule has 0 radical (unpaired) electrons. The number of ketones is 1. The van der Waals surface area contributed by atoms with Gasteiger partial charge in [0.1, 0.15) is 38.0 Å². The van der Waals surface area contributed by atoms with Crippen molar-refractivity contribution in [3.63, 3.8) is 0 Å². The maximum atomic E-state index is 12.8. The van der Waals surface area contributed by atoms with Crippen molar-refractivity contribution in [2.24, 2.45) is 0 Å². The molecule has 19 heteroatoms. The van der Waals surface area contributed by atoms with Crippen LogP contribution in [0.1, 0.15) is 42.5 Å². The average Bonchev–Trinajstić information content (AvgIpc) is 3.34. The third-order valence-electron chi connectivity index (χ3n) is 6.90. The third kappa shape index (κ3) is 10.6. The molecule has 264 valence electrons. The van der Waals surface area contributed by atoms with E-state index in [4.69, 9.17) is 37.7 Å². The molecule has 0 fully saturated rings. The molecule has 0 atom stereocenters. The fourth-order valence-corrected chi connectivity index (χ4v) is 4.82. The highest BCUT2D eigenvalue weighted by molar-refractivity contribution is 6.31. The zero-order valence-corrected chi connectivity index (χ0v) is 27.0. The molecule has 1 amide bonds. The van der Waals surface area contributed by atoms with Gasteiger partial charge in [-0.05, 0) is 31.2 Å². The molecule has 0 aliphatic rings. The van der Waals surface area contributed by atoms with E-state index in [1.807, 2.05) is 39.0 Å². The Balaban J connectivity index is 0.000000838. The van der Waals surface area contributed by atoms with Gasteiger partial charge in [-0.2, -0.15) is 13.2 Å². The van der Waals surface area contributed by atoms with Gasteiger partial charge in [0.25, 0.3) is 11.7 Å². The van der Waals surface area contributed by atoms with Crippen molar-refractivity contribution >= 4 is 51.9 Å². The first-order chi connectivity index (χ1) is 23.2. The first-order valence-corrected chi connectivity index (χ1v) is 15.1. The summed E-state index contributed by atoms with van der Waals surface area (Å²) in [5.41, 5.74) is 12.9. The number of benzene rings is 1. The van der Waals surface area contributed by atoms with Crippen molar-refractivity contribution in [2.45, 2.75) is 58.5 Å². The van der Waals surface area contributed by atoms with E-state index in [1.165, 1.54) is 12.3 Å². The summed E-state index contributed by atoms with van der Waals surface area (Å²) in [6, 6.07) is 8.68. The van der Waals surface area contributed by atoms with Crippen LogP contribution in [0.15, 0.2) is 42.7 Å². The van der Waals surface area contributed by atoms with Gasteiger partial charge in [0.05, 0.1) is 13.2 Å². The van der Waals surface area contributed by atoms with E-state index in [1.54, 1.807) is 12.1 Å². The summed E-state index contributed by atoms with van der Waals surface area (Å²) < 4.78 is 43.1. The minimum Gasteiger partial charge on any atom is -0.868 e. The summed E-state index contributed by atoms with van der Waals surface area (Å²) in [5, 5.41) is 32.7. The fourth-order valence-electron chi connectivity index (χ4n) is 4.70. The van der Waals surface area contributed by atoms with Crippen molar-refractivity contribution in [3.05, 3.63) is 59.4 Å². The number of halogens is 4. The molecule has 6 N–H and O–H groups in total. The zero-order chi connectivity index (χ0) is 36.3. The van der Waals surface area contributed by atoms with Crippen LogP contribution in [-0.4, -0.2) is 56.7 Å². The maximum absolute atomic E-state index is 12.8. The second kappa shape index (κ2) is 17.3. The zero-order valence-electron chi connectivity index (χ0n) is 26.2. The van der Waals surface area contributed by atoms with Gasteiger partial charge in [-0.25, -0.2) is 23.7 Å². The number of carbonyl (C=O) groups excluding carboxylic acids is 3. The van der Waals surface area contributed by atoms with Crippen molar-refractivity contribution in [3.8, 4) is 11.5 Å². The molecule has 0 unspecified atom stereocenters. The van der Waals surface area contributed by atoms with Crippen LogP contribution in [0.3, 0.4) is 0 Å². The third-order valence-corrected chi connectivity index (χ3v) is 7.18. The molecule has 0 saturated carbocycles. The number of nitrogen functional groups attached to an aromatic ring is 2. The number of hydrogen-bond acceptors (Lipinski definition) is 11. The minimum atomic E-state index is -5.19. The number of carboxylic acids is 1. The van der Waals surface area contributed by atoms with Crippen LogP contribution >= 0.6 is 11.6 Å². The highest BCUT2D eigenvalue weighted by Gasteiger charge is 2.29. The molecule has 1 aromatic carbocycles. The normalized spacial score (nSPS) is 11.1. The van der Waals surface area contributed by atoms with E-state index in [2.05, 4.69) is 15.3 Å². The average molecular weight is 711 g/mol. The van der Waals surface area contributed by atoms with Crippen LogP contribution in [0.25, 0.3) is 11.0 Å². The van der Waals surface area contributed by atoms with Crippen molar-refractivity contribution < 1.29 is 56.7 Å². The number of anilines is 2. The molecular formula is C30H34ClF3N8O7. The predicted molar refractivity (Wildman–Crippen MR) is 163 cm³/mol. The number of aryl methyl sites for hydroxylation is 2. The van der Waals surface area contributed by atoms with Crippen LogP contribution < -0.4 is 40.9 Å². The first-order valence-electron chi connectivity index (χ1n) is 14.8. The number of aliphatic carboxylic acids is 1. The highest BCUT2D eigenvalue weighted by atomic mass is 35.5. The summed E-state index contributed by atoms with van der Waals surface area (Å²) in [5.74, 6) is -2.64. The topological polar surface area (TPSA) is 229 Å². The number of hydrogen-bond donors (Lipinski definition) is 4. The number of ether oxygens (including phenoxy) is 1. The standard InChI is InChI=1S/C28H33ClN8O5.C2HF3O2/c1-2-36-21-9-8-20(42-17-19(40)6-3-4-10-35-11-5-7-18(39)16-35)14-22(21)37(12-13-38)23(36)15-32-28(41)24-26(30)34-27(31)25(29)33-24;3-2(4,5)1(6)7/h5,7-9,11,14,16,38H,2-4,6,10,12-13,15,17H2,1H3,(H4-2,30,31,32,34,39,41);(H,6,7). The Labute approximate surface area is 282 Å². The molecular weight excluding hydrogens is 677 g/mol. The molecule has 4 aromatic rings. The van der Waals surface area contributed by atoms with Crippen molar-refractivity contribution in [1.29, 1.82) is 0 Å². The second-order valence-corrected chi connectivity index (χ2v) is 10.7. The van der Waals surface area contributed by atoms with Gasteiger partial charge >= 0.3 is 6.18 Å². The van der Waals surface area contributed by atoms with Crippen LogP contribution in [0.4, 0.5) is 24.8 Å². The molecule has 3 heterocycles. The van der Waals surface area contributed by atoms with Gasteiger partial charge in [0, 0.05) is 25.0 Å². The number of Topliss-reactive ketones (excluding diaryl/α,β-unsaturated/α-hetero) is 1. The monoisotopic (exact) mass is 710 g/mol. The number of nitrogens with zero attached hydrogens (tertiary/aromatic N) is 5. The van der Waals surface area contributed by atoms with Gasteiger partial charge in [0.15, 0.2) is 51.7 Å². The molecule has 49 heavy (non-hydrogen) atoms. The number of nitrogens with one attached hydrogen (secondary N) is 1. The van der Waals surface area contributed by atoms with Crippen LogP contribution in [0.5, 0.6) is 11.5 Å². The van der Waals surface area contributed by atoms with E-state index < -0.39 is 18.1 Å². The Morgan fingerprint density at radius 3 is 2.49 bits per heavy atom. The summed E-state index contributed by atoms with van der Waals surface area (Å²) in [7, 11) is 0. The number of aliphatic hydroxyl groups excluding tert-OH is 1. The van der Waals surface area contributed by atoms with Gasteiger partial charge < -0.3 is 41.6 Å². The molecule has 0 bridgehead atoms. The SMILES string of the molecule is CC[n+]1c(CNC(=O)c2nc(Cl)c(N)nc2N)n(CCO)c2cc(OCC(=O)CCCC[n+]3cccc([O-])c3)ccc21.O=C([O-])C(F)(F)F. The summed E-state index contributed by atoms with van der Waals surface area (Å²) >= 11 is 5.92. The number of imidazole rings is 1. The number of nitrogens with two attached hydrogens (primary N) is 2. The second-order valence-electron chi connectivity index (χ2n) is 10.3. The van der Waals surface area contributed by atoms with E-state index in [0.717, 1.165) is 23.3 Å². The maximum Gasteiger partial charge on any atom is 0.430 e. The number of pyridine rings is 1. The smallest absolute Gasteiger partial charge is 0.430 e. The van der Waals surface area contributed by atoms with E-state index in [9.17, 15) is 33.0 Å². The van der Waals surface area contributed by atoms with Crippen LogP contribution in [0, 0.1) is 0 Å². The molecule has 3 aromatic heterocycles. The lowest BCUT2D eigenvalue weighted by molar-refractivity contribution is -0.699. The minimum absolute atomic E-state index is 0.0272. The summed E-state index contributed by atoms with van der Waals surface area (Å²) in [6.07, 6.45) is -0.00901. The summed E-state index contributed by atoms with van der Waals surface area (Å²) in [4.78, 5) is 41.9. The molecule has 15 nitrogen and oxygen atoms in total. The summed E-state index contributed by atoms with van der Waals surface area (Å²) in [6.45, 7) is 3.37. The van der Waals surface area contributed by atoms with Crippen molar-refractivity contribution in [2.75, 3.05) is 24.7 Å². The van der Waals surface area contributed by atoms with Gasteiger partial charge in [-0.1, -0.05) is 17.7 Å². The van der Waals surface area contributed by atoms with Gasteiger partial charge in [-0.3, -0.25) is 9.59 Å². The largest absolute Gasteiger partial charge is 0.868 e. The molecule has 0 spiro atoms. The Kier molecular flexibility index (Phi) is 13.5. The lowest BCUT2D eigenvalue weighted by Gasteiger charge is -2.08. The van der Waals surface area contributed by atoms with E-state index >= 15 is 0 Å². The lowest BCUT2D eigenvalue weighted by Crippen LogP contribution is -2.40. The van der Waals surface area contributed by atoms with Crippen LogP contribution in [0.2, 0.25) is 5.15 Å². The fraction of sp³-hybridized carbons (Fsp3) is 0.367. The number of fused-ring (bicyclic) bond motifs is 1. The molecule has 0 saturated heterocycles. The first kappa shape index (κ1) is 38.2. The number of aromatic nitrogens is 5. The number of alkyl halides is 3. The number of amides is 1. The van der Waals surface area contributed by atoms with Gasteiger partial charge in [-0.15, -0.1) is 0 Å². The molecule has 4 rings (SSSR count). The van der Waals surface area contributed by atoms with E-state index in [-0.39, 0.29) is 60.3 Å². The molecule has 0 aliphatic heterocycles. The Morgan fingerprint density at radius 2 is 1.86 bits per heavy atom. The quantitative estimate of drug-likeness (QED) is 0.100. The number of carbonyl (C=O) groups is 3. The van der Waals surface area contributed by atoms with E-state index in [0.29, 0.717) is 31.7 Å². The van der Waals surface area contributed by atoms with Crippen LogP contribution in [-0.2, 0) is 35.8 Å². The lowest BCUT2D eigenvalue weighted by atomic mass is 10.2. The Hall–Kier alpha value is -5.23. The molecule has 0 aliphatic carbocycles.